The molecule has 1 saturated heterocycles. The van der Waals surface area contributed by atoms with Crippen LogP contribution in [0.2, 0.25) is 0 Å². The number of hydrogen-bond donors (Lipinski definition) is 0. The molecule has 0 unspecified atom stereocenters. The lowest BCUT2D eigenvalue weighted by Crippen LogP contribution is -2.30. The van der Waals surface area contributed by atoms with Crippen molar-refractivity contribution in [2.75, 3.05) is 20.3 Å². The normalized spacial score (nSPS) is 14.9. The van der Waals surface area contributed by atoms with Gasteiger partial charge in [-0.15, -0.1) is 0 Å². The summed E-state index contributed by atoms with van der Waals surface area (Å²) < 4.78 is 17.1. The van der Waals surface area contributed by atoms with E-state index in [-0.39, 0.29) is 30.3 Å². The van der Waals surface area contributed by atoms with Crippen LogP contribution in [0.3, 0.4) is 0 Å². The molecule has 0 aromatic heterocycles. The summed E-state index contributed by atoms with van der Waals surface area (Å²) in [5.41, 5.74) is 3.23. The second-order valence-corrected chi connectivity index (χ2v) is 11.1. The molecule has 1 heterocycles. The maximum atomic E-state index is 12.9. The first-order chi connectivity index (χ1) is 17.1. The monoisotopic (exact) mass is 527 g/mol. The minimum atomic E-state index is -0.333. The summed E-state index contributed by atoms with van der Waals surface area (Å²) in [5, 5.41) is 0. The number of carbonyl (C=O) groups is 2. The van der Waals surface area contributed by atoms with Crippen molar-refractivity contribution in [2.24, 2.45) is 0 Å². The number of thioether (sulfide) groups is 1. The van der Waals surface area contributed by atoms with Crippen LogP contribution in [0.15, 0.2) is 47.4 Å². The van der Waals surface area contributed by atoms with Gasteiger partial charge in [0.1, 0.15) is 10.9 Å². The number of thiocarbonyl (C=S) groups is 1. The summed E-state index contributed by atoms with van der Waals surface area (Å²) in [7, 11) is 1.58. The van der Waals surface area contributed by atoms with Gasteiger partial charge in [0.05, 0.1) is 25.0 Å². The topological polar surface area (TPSA) is 65.1 Å². The van der Waals surface area contributed by atoms with Gasteiger partial charge in [0.15, 0.2) is 11.5 Å². The molecular formula is C28H33NO5S2. The Labute approximate surface area is 223 Å². The molecule has 0 saturated carbocycles. The highest BCUT2D eigenvalue weighted by Gasteiger charge is 2.32. The van der Waals surface area contributed by atoms with Gasteiger partial charge in [0, 0.05) is 6.54 Å². The molecule has 0 atom stereocenters. The van der Waals surface area contributed by atoms with Gasteiger partial charge < -0.3 is 14.2 Å². The van der Waals surface area contributed by atoms with Gasteiger partial charge in [-0.05, 0) is 46.7 Å². The maximum absolute atomic E-state index is 12.9. The SMILES string of the molecule is CCCOC(=O)CCN1C(=O)/C(=C\c2ccc(OCc3ccc(C(C)(C)C)cc3)c(OC)c2)SC1=S. The van der Waals surface area contributed by atoms with Crippen molar-refractivity contribution in [3.8, 4) is 11.5 Å². The van der Waals surface area contributed by atoms with E-state index in [2.05, 4.69) is 45.0 Å². The van der Waals surface area contributed by atoms with Crippen LogP contribution >= 0.6 is 24.0 Å². The highest BCUT2D eigenvalue weighted by molar-refractivity contribution is 8.26. The molecule has 1 aliphatic heterocycles. The number of amides is 1. The average Bonchev–Trinajstić information content (AvgIpc) is 3.11. The zero-order chi connectivity index (χ0) is 26.3. The second-order valence-electron chi connectivity index (χ2n) is 9.45. The number of ether oxygens (including phenoxy) is 3. The Hall–Kier alpha value is -2.84. The molecule has 2 aromatic carbocycles. The Morgan fingerprint density at radius 2 is 1.83 bits per heavy atom. The molecule has 1 fully saturated rings. The fraction of sp³-hybridized carbons (Fsp3) is 0.393. The second kappa shape index (κ2) is 12.4. The van der Waals surface area contributed by atoms with Crippen LogP contribution in [0.25, 0.3) is 6.08 Å². The minimum absolute atomic E-state index is 0.104. The van der Waals surface area contributed by atoms with Crippen molar-refractivity contribution in [3.63, 3.8) is 0 Å². The minimum Gasteiger partial charge on any atom is -0.493 e. The van der Waals surface area contributed by atoms with Crippen LogP contribution in [-0.4, -0.2) is 41.4 Å². The molecular weight excluding hydrogens is 494 g/mol. The lowest BCUT2D eigenvalue weighted by molar-refractivity contribution is -0.143. The molecule has 0 bridgehead atoms. The number of hydrogen-bond acceptors (Lipinski definition) is 7. The van der Waals surface area contributed by atoms with Crippen molar-refractivity contribution >= 4 is 46.3 Å². The van der Waals surface area contributed by atoms with Crippen molar-refractivity contribution < 1.29 is 23.8 Å². The Morgan fingerprint density at radius 3 is 2.47 bits per heavy atom. The van der Waals surface area contributed by atoms with Gasteiger partial charge in [-0.2, -0.15) is 0 Å². The first kappa shape index (κ1) is 27.7. The zero-order valence-electron chi connectivity index (χ0n) is 21.5. The van der Waals surface area contributed by atoms with Gasteiger partial charge in [0.2, 0.25) is 0 Å². The molecule has 1 amide bonds. The average molecular weight is 528 g/mol. The van der Waals surface area contributed by atoms with E-state index < -0.39 is 0 Å². The maximum Gasteiger partial charge on any atom is 0.307 e. The molecule has 0 radical (unpaired) electrons. The Kier molecular flexibility index (Phi) is 9.56. The lowest BCUT2D eigenvalue weighted by atomic mass is 9.87. The van der Waals surface area contributed by atoms with E-state index >= 15 is 0 Å². The number of benzene rings is 2. The van der Waals surface area contributed by atoms with Gasteiger partial charge in [-0.25, -0.2) is 0 Å². The molecule has 2 aromatic rings. The van der Waals surface area contributed by atoms with Gasteiger partial charge in [0.25, 0.3) is 5.91 Å². The molecule has 1 aliphatic rings. The van der Waals surface area contributed by atoms with Gasteiger partial charge >= 0.3 is 5.97 Å². The fourth-order valence-electron chi connectivity index (χ4n) is 3.49. The van der Waals surface area contributed by atoms with Gasteiger partial charge in [-0.1, -0.05) is 82.0 Å². The summed E-state index contributed by atoms with van der Waals surface area (Å²) in [6, 6.07) is 13.9. The predicted octanol–water partition coefficient (Wildman–Crippen LogP) is 6.12. The summed E-state index contributed by atoms with van der Waals surface area (Å²) in [6.45, 7) is 9.49. The summed E-state index contributed by atoms with van der Waals surface area (Å²) in [5.74, 6) is 0.642. The van der Waals surface area contributed by atoms with E-state index in [0.29, 0.717) is 33.9 Å². The number of carbonyl (C=O) groups excluding carboxylic acids is 2. The molecule has 6 nitrogen and oxygen atoms in total. The molecule has 0 aliphatic carbocycles. The van der Waals surface area contributed by atoms with Crippen molar-refractivity contribution in [2.45, 2.75) is 52.6 Å². The highest BCUT2D eigenvalue weighted by Crippen LogP contribution is 2.35. The molecule has 8 heteroatoms. The van der Waals surface area contributed by atoms with Crippen molar-refractivity contribution in [1.82, 2.24) is 4.90 Å². The lowest BCUT2D eigenvalue weighted by Gasteiger charge is -2.19. The molecule has 36 heavy (non-hydrogen) atoms. The van der Waals surface area contributed by atoms with Crippen LogP contribution in [0.4, 0.5) is 0 Å². The van der Waals surface area contributed by atoms with Crippen LogP contribution < -0.4 is 9.47 Å². The van der Waals surface area contributed by atoms with Crippen LogP contribution in [0.5, 0.6) is 11.5 Å². The summed E-state index contributed by atoms with van der Waals surface area (Å²) >= 11 is 6.58. The van der Waals surface area contributed by atoms with Crippen LogP contribution in [0, 0.1) is 0 Å². The summed E-state index contributed by atoms with van der Waals surface area (Å²) in [6.07, 6.45) is 2.64. The quantitative estimate of drug-likeness (QED) is 0.210. The number of nitrogens with zero attached hydrogens (tertiary/aromatic N) is 1. The first-order valence-corrected chi connectivity index (χ1v) is 13.2. The third-order valence-electron chi connectivity index (χ3n) is 5.58. The van der Waals surface area contributed by atoms with Crippen molar-refractivity contribution in [1.29, 1.82) is 0 Å². The molecule has 0 N–H and O–H groups in total. The molecule has 0 spiro atoms. The van der Waals surface area contributed by atoms with E-state index in [4.69, 9.17) is 26.4 Å². The van der Waals surface area contributed by atoms with Crippen LogP contribution in [0.1, 0.15) is 57.2 Å². The highest BCUT2D eigenvalue weighted by atomic mass is 32.2. The summed E-state index contributed by atoms with van der Waals surface area (Å²) in [4.78, 5) is 26.6. The van der Waals surface area contributed by atoms with E-state index in [1.807, 2.05) is 25.1 Å². The van der Waals surface area contributed by atoms with E-state index in [1.54, 1.807) is 13.2 Å². The number of methoxy groups -OCH3 is 1. The Morgan fingerprint density at radius 1 is 1.11 bits per heavy atom. The Balaban J connectivity index is 1.65. The largest absolute Gasteiger partial charge is 0.493 e. The molecule has 192 valence electrons. The zero-order valence-corrected chi connectivity index (χ0v) is 23.1. The number of rotatable bonds is 10. The smallest absolute Gasteiger partial charge is 0.307 e. The van der Waals surface area contributed by atoms with E-state index in [0.717, 1.165) is 17.5 Å². The fourth-order valence-corrected chi connectivity index (χ4v) is 4.80. The Bertz CT molecular complexity index is 1140. The van der Waals surface area contributed by atoms with E-state index in [1.165, 1.54) is 22.2 Å². The predicted molar refractivity (Wildman–Crippen MR) is 148 cm³/mol. The third-order valence-corrected chi connectivity index (χ3v) is 6.96. The first-order valence-electron chi connectivity index (χ1n) is 11.9. The van der Waals surface area contributed by atoms with Crippen LogP contribution in [-0.2, 0) is 26.3 Å². The van der Waals surface area contributed by atoms with Crippen molar-refractivity contribution in [3.05, 3.63) is 64.1 Å². The third kappa shape index (κ3) is 7.34. The number of esters is 1. The molecule has 3 rings (SSSR count). The van der Waals surface area contributed by atoms with Gasteiger partial charge in [-0.3, -0.25) is 14.5 Å². The standard InChI is InChI=1S/C28H33NO5S2/c1-6-15-33-25(30)13-14-29-26(31)24(36-27(29)35)17-20-9-12-22(23(16-20)32-5)34-18-19-7-10-21(11-8-19)28(2,3)4/h7-12,16-17H,6,13-15,18H2,1-5H3/b24-17+. The van der Waals surface area contributed by atoms with E-state index in [9.17, 15) is 9.59 Å².